The van der Waals surface area contributed by atoms with Crippen LogP contribution in [0.4, 0.5) is 5.82 Å². The van der Waals surface area contributed by atoms with Gasteiger partial charge in [-0.25, -0.2) is 9.50 Å². The second kappa shape index (κ2) is 11.0. The Balaban J connectivity index is 0.000000207. The Morgan fingerprint density at radius 3 is 2.48 bits per heavy atom. The van der Waals surface area contributed by atoms with E-state index < -0.39 is 5.91 Å². The van der Waals surface area contributed by atoms with Crippen LogP contribution in [0.15, 0.2) is 90.1 Å². The average molecular weight is 531 g/mol. The highest BCUT2D eigenvalue weighted by Crippen LogP contribution is 2.17. The molecular formula is C30H26N8O2. The van der Waals surface area contributed by atoms with Crippen molar-refractivity contribution in [3.63, 3.8) is 0 Å². The molecule has 6 rings (SSSR count). The van der Waals surface area contributed by atoms with Gasteiger partial charge in [0.2, 0.25) is 0 Å². The summed E-state index contributed by atoms with van der Waals surface area (Å²) in [6, 6.07) is 20.5. The number of fused-ring (bicyclic) bond motifs is 2. The van der Waals surface area contributed by atoms with Gasteiger partial charge in [-0.3, -0.25) is 18.8 Å². The van der Waals surface area contributed by atoms with Gasteiger partial charge in [-0.05, 0) is 36.4 Å². The van der Waals surface area contributed by atoms with Crippen molar-refractivity contribution in [3.05, 3.63) is 118 Å². The highest BCUT2D eigenvalue weighted by Gasteiger charge is 2.15. The normalized spacial score (nSPS) is 10.6. The quantitative estimate of drug-likeness (QED) is 0.337. The van der Waals surface area contributed by atoms with Crippen LogP contribution in [0.3, 0.4) is 0 Å². The van der Waals surface area contributed by atoms with Crippen molar-refractivity contribution in [1.29, 1.82) is 0 Å². The summed E-state index contributed by atoms with van der Waals surface area (Å²) in [6.45, 7) is 2.00. The number of pyridine rings is 1. The first-order chi connectivity index (χ1) is 19.4. The number of benzene rings is 2. The maximum absolute atomic E-state index is 13.4. The first-order valence-corrected chi connectivity index (χ1v) is 12.5. The highest BCUT2D eigenvalue weighted by atomic mass is 16.1. The van der Waals surface area contributed by atoms with Crippen LogP contribution in [0.1, 0.15) is 34.2 Å². The SMILES string of the molecule is CCc1nc2cccc(C#Cc3cnn(C)c3)c2c(=O)n1-c1ccccc1.NC(=O)c1c(N)nn2ccccc12. The number of amides is 1. The number of anilines is 1. The second-order valence-corrected chi connectivity index (χ2v) is 8.87. The second-order valence-electron chi connectivity index (χ2n) is 8.87. The largest absolute Gasteiger partial charge is 0.382 e. The van der Waals surface area contributed by atoms with Gasteiger partial charge >= 0.3 is 0 Å². The monoisotopic (exact) mass is 530 g/mol. The van der Waals surface area contributed by atoms with E-state index in [2.05, 4.69) is 22.0 Å². The molecule has 0 aliphatic heterocycles. The van der Waals surface area contributed by atoms with Crippen LogP contribution in [-0.4, -0.2) is 34.9 Å². The van der Waals surface area contributed by atoms with Crippen LogP contribution in [0.25, 0.3) is 22.1 Å². The number of nitrogen functional groups attached to an aromatic ring is 1. The van der Waals surface area contributed by atoms with E-state index in [-0.39, 0.29) is 16.9 Å². The standard InChI is InChI=1S/C22H18N4O.C8H8N4O/c1-3-20-24-19-11-7-8-17(13-12-16-14-23-25(2)15-16)21(19)22(27)26(20)18-9-5-4-6-10-18;9-7-6(8(10)13)5-3-1-2-4-12(5)11-7/h4-11,14-15H,3H2,1-2H3;1-4H,(H2,9,11)(H2,10,13). The molecule has 10 heteroatoms. The van der Waals surface area contributed by atoms with Gasteiger partial charge in [0, 0.05) is 31.4 Å². The van der Waals surface area contributed by atoms with E-state index >= 15 is 0 Å². The fourth-order valence-corrected chi connectivity index (χ4v) is 4.36. The summed E-state index contributed by atoms with van der Waals surface area (Å²) in [7, 11) is 1.85. The average Bonchev–Trinajstić information content (AvgIpc) is 3.53. The lowest BCUT2D eigenvalue weighted by molar-refractivity contribution is 0.100. The summed E-state index contributed by atoms with van der Waals surface area (Å²) in [5, 5.41) is 8.59. The van der Waals surface area contributed by atoms with Crippen molar-refractivity contribution in [1.82, 2.24) is 28.9 Å². The zero-order valence-corrected chi connectivity index (χ0v) is 21.9. The van der Waals surface area contributed by atoms with Crippen LogP contribution in [0, 0.1) is 11.8 Å². The number of para-hydroxylation sites is 1. The van der Waals surface area contributed by atoms with Crippen LogP contribution in [0.2, 0.25) is 0 Å². The molecule has 10 nitrogen and oxygen atoms in total. The third kappa shape index (κ3) is 5.04. The third-order valence-corrected chi connectivity index (χ3v) is 6.16. The minimum absolute atomic E-state index is 0.0980. The molecule has 0 atom stereocenters. The Labute approximate surface area is 229 Å². The number of aromatic nitrogens is 6. The third-order valence-electron chi connectivity index (χ3n) is 6.16. The first-order valence-electron chi connectivity index (χ1n) is 12.5. The predicted molar refractivity (Wildman–Crippen MR) is 154 cm³/mol. The van der Waals surface area contributed by atoms with Gasteiger partial charge in [0.05, 0.1) is 33.9 Å². The molecule has 0 unspecified atom stereocenters. The Morgan fingerprint density at radius 1 is 1.00 bits per heavy atom. The smallest absolute Gasteiger partial charge is 0.267 e. The van der Waals surface area contributed by atoms with Crippen molar-refractivity contribution in [2.75, 3.05) is 5.73 Å². The number of primary amides is 1. The summed E-state index contributed by atoms with van der Waals surface area (Å²) < 4.78 is 4.90. The van der Waals surface area contributed by atoms with E-state index in [1.165, 1.54) is 4.52 Å². The predicted octanol–water partition coefficient (Wildman–Crippen LogP) is 3.10. The lowest BCUT2D eigenvalue weighted by Crippen LogP contribution is -2.24. The molecule has 1 amide bonds. The molecule has 0 aliphatic carbocycles. The van der Waals surface area contributed by atoms with Crippen molar-refractivity contribution in [3.8, 4) is 17.5 Å². The summed E-state index contributed by atoms with van der Waals surface area (Å²) in [5.41, 5.74) is 14.4. The molecule has 2 aromatic carbocycles. The molecule has 0 spiro atoms. The van der Waals surface area contributed by atoms with Crippen LogP contribution in [-0.2, 0) is 13.5 Å². The van der Waals surface area contributed by atoms with Crippen molar-refractivity contribution in [2.24, 2.45) is 12.8 Å². The zero-order chi connectivity index (χ0) is 28.2. The Bertz CT molecular complexity index is 1970. The Morgan fingerprint density at radius 2 is 1.77 bits per heavy atom. The molecule has 4 heterocycles. The molecule has 0 radical (unpaired) electrons. The van der Waals surface area contributed by atoms with Crippen LogP contribution >= 0.6 is 0 Å². The summed E-state index contributed by atoms with van der Waals surface area (Å²) in [5.74, 6) is 6.54. The van der Waals surface area contributed by atoms with E-state index in [1.807, 2.05) is 68.7 Å². The molecule has 0 bridgehead atoms. The molecular weight excluding hydrogens is 504 g/mol. The minimum Gasteiger partial charge on any atom is -0.382 e. The van der Waals surface area contributed by atoms with Crippen LogP contribution < -0.4 is 17.0 Å². The van der Waals surface area contributed by atoms with Gasteiger partial charge in [-0.15, -0.1) is 5.10 Å². The lowest BCUT2D eigenvalue weighted by Gasteiger charge is -2.13. The molecule has 6 aromatic rings. The van der Waals surface area contributed by atoms with Crippen molar-refractivity contribution >= 4 is 28.1 Å². The van der Waals surface area contributed by atoms with E-state index in [0.717, 1.165) is 17.1 Å². The molecule has 0 saturated carbocycles. The summed E-state index contributed by atoms with van der Waals surface area (Å²) in [6.07, 6.45) is 5.91. The number of hydrogen-bond acceptors (Lipinski definition) is 6. The molecule has 0 fully saturated rings. The number of carbonyl (C=O) groups is 1. The fraction of sp³-hybridized carbons (Fsp3) is 0.100. The maximum atomic E-state index is 13.4. The summed E-state index contributed by atoms with van der Waals surface area (Å²) >= 11 is 0. The summed E-state index contributed by atoms with van der Waals surface area (Å²) in [4.78, 5) is 29.1. The Kier molecular flexibility index (Phi) is 7.11. The van der Waals surface area contributed by atoms with E-state index in [0.29, 0.717) is 28.4 Å². The zero-order valence-electron chi connectivity index (χ0n) is 21.9. The Hall–Kier alpha value is -5.69. The van der Waals surface area contributed by atoms with Crippen molar-refractivity contribution < 1.29 is 4.79 Å². The highest BCUT2D eigenvalue weighted by molar-refractivity contribution is 6.04. The van der Waals surface area contributed by atoms with Gasteiger partial charge in [-0.2, -0.15) is 5.10 Å². The molecule has 4 aromatic heterocycles. The van der Waals surface area contributed by atoms with E-state index in [4.69, 9.17) is 16.5 Å². The number of rotatable bonds is 3. The molecule has 198 valence electrons. The first kappa shape index (κ1) is 25.9. The lowest BCUT2D eigenvalue weighted by atomic mass is 10.1. The number of nitrogens with two attached hydrogens (primary N) is 2. The van der Waals surface area contributed by atoms with Gasteiger partial charge in [0.25, 0.3) is 11.5 Å². The van der Waals surface area contributed by atoms with Crippen molar-refractivity contribution in [2.45, 2.75) is 13.3 Å². The van der Waals surface area contributed by atoms with Gasteiger partial charge in [0.1, 0.15) is 11.4 Å². The minimum atomic E-state index is -0.557. The number of carbonyl (C=O) groups excluding carboxylic acids is 1. The number of aryl methyl sites for hydroxylation is 2. The fourth-order valence-electron chi connectivity index (χ4n) is 4.36. The molecule has 0 aliphatic rings. The van der Waals surface area contributed by atoms with Gasteiger partial charge < -0.3 is 11.5 Å². The number of nitrogens with zero attached hydrogens (tertiary/aromatic N) is 6. The van der Waals surface area contributed by atoms with E-state index in [1.54, 1.807) is 39.8 Å². The molecule has 40 heavy (non-hydrogen) atoms. The van der Waals surface area contributed by atoms with E-state index in [9.17, 15) is 9.59 Å². The van der Waals surface area contributed by atoms with Gasteiger partial charge in [-0.1, -0.05) is 49.1 Å². The van der Waals surface area contributed by atoms with Crippen LogP contribution in [0.5, 0.6) is 0 Å². The maximum Gasteiger partial charge on any atom is 0.267 e. The topological polar surface area (TPSA) is 139 Å². The van der Waals surface area contributed by atoms with Gasteiger partial charge in [0.15, 0.2) is 5.82 Å². The number of hydrogen-bond donors (Lipinski definition) is 2. The molecule has 4 N–H and O–H groups in total. The molecule has 0 saturated heterocycles.